The van der Waals surface area contributed by atoms with Crippen molar-refractivity contribution in [2.24, 2.45) is 0 Å². The van der Waals surface area contributed by atoms with Gasteiger partial charge in [-0.15, -0.1) is 0 Å². The summed E-state index contributed by atoms with van der Waals surface area (Å²) in [6.07, 6.45) is 0. The van der Waals surface area contributed by atoms with E-state index in [2.05, 4.69) is 4.85 Å². The maximum atomic E-state index is 13.3. The number of hydrogen-bond acceptors (Lipinski definition) is 2. The maximum absolute atomic E-state index is 13.3. The predicted octanol–water partition coefficient (Wildman–Crippen LogP) is 2.68. The standard InChI is InChI=1S/C13H15BFNO2/c1-12(2)13(3,4)18-14(17-12)9-6-7-10(15)11(8-9)16-5/h6-8H,1-4H3. The molecule has 0 radical (unpaired) electrons. The Bertz CT molecular complexity index is 506. The zero-order chi connectivity index (χ0) is 13.6. The second-order valence-corrected chi connectivity index (χ2v) is 5.41. The highest BCUT2D eigenvalue weighted by Crippen LogP contribution is 2.36. The fraction of sp³-hybridized carbons (Fsp3) is 0.462. The molecule has 0 N–H and O–H groups in total. The van der Waals surface area contributed by atoms with Crippen molar-refractivity contribution in [3.8, 4) is 0 Å². The molecule has 1 aliphatic rings. The molecule has 0 saturated carbocycles. The zero-order valence-electron chi connectivity index (χ0n) is 11.0. The Balaban J connectivity index is 2.33. The highest BCUT2D eigenvalue weighted by Gasteiger charge is 2.51. The van der Waals surface area contributed by atoms with E-state index >= 15 is 0 Å². The summed E-state index contributed by atoms with van der Waals surface area (Å²) in [5.41, 5.74) is -0.225. The van der Waals surface area contributed by atoms with Crippen LogP contribution in [0.4, 0.5) is 10.1 Å². The van der Waals surface area contributed by atoms with Crippen LogP contribution in [0.2, 0.25) is 0 Å². The molecule has 1 aromatic rings. The zero-order valence-corrected chi connectivity index (χ0v) is 11.0. The number of hydrogen-bond donors (Lipinski definition) is 0. The molecule has 1 heterocycles. The van der Waals surface area contributed by atoms with Crippen molar-refractivity contribution in [1.29, 1.82) is 0 Å². The van der Waals surface area contributed by atoms with Crippen molar-refractivity contribution in [2.75, 3.05) is 0 Å². The Kier molecular flexibility index (Phi) is 2.96. The number of halogens is 1. The molecule has 5 heteroatoms. The van der Waals surface area contributed by atoms with Crippen LogP contribution in [0.1, 0.15) is 27.7 Å². The van der Waals surface area contributed by atoms with Crippen molar-refractivity contribution in [2.45, 2.75) is 38.9 Å². The first-order chi connectivity index (χ1) is 8.27. The molecule has 0 spiro atoms. The van der Waals surface area contributed by atoms with E-state index in [9.17, 15) is 4.39 Å². The molecule has 1 aliphatic heterocycles. The summed E-state index contributed by atoms with van der Waals surface area (Å²) >= 11 is 0. The number of benzene rings is 1. The van der Waals surface area contributed by atoms with E-state index in [-0.39, 0.29) is 5.69 Å². The Hall–Kier alpha value is -1.38. The predicted molar refractivity (Wildman–Crippen MR) is 68.4 cm³/mol. The van der Waals surface area contributed by atoms with Gasteiger partial charge in [0.1, 0.15) is 5.82 Å². The Morgan fingerprint density at radius 2 is 1.72 bits per heavy atom. The topological polar surface area (TPSA) is 22.8 Å². The fourth-order valence-electron chi connectivity index (χ4n) is 1.74. The van der Waals surface area contributed by atoms with Gasteiger partial charge in [0, 0.05) is 0 Å². The molecule has 3 nitrogen and oxygen atoms in total. The smallest absolute Gasteiger partial charge is 0.399 e. The van der Waals surface area contributed by atoms with Crippen LogP contribution in [-0.4, -0.2) is 18.3 Å². The minimum atomic E-state index is -0.559. The molecule has 1 aromatic carbocycles. The molecule has 0 unspecified atom stereocenters. The summed E-state index contributed by atoms with van der Waals surface area (Å²) in [5, 5.41) is 0. The van der Waals surface area contributed by atoms with Crippen molar-refractivity contribution in [3.05, 3.63) is 35.4 Å². The highest BCUT2D eigenvalue weighted by molar-refractivity contribution is 6.62. The molecular weight excluding hydrogens is 232 g/mol. The van der Waals surface area contributed by atoms with Crippen LogP contribution in [-0.2, 0) is 9.31 Å². The minimum Gasteiger partial charge on any atom is -0.399 e. The molecule has 0 bridgehead atoms. The van der Waals surface area contributed by atoms with Crippen LogP contribution in [0.5, 0.6) is 0 Å². The molecule has 1 saturated heterocycles. The molecule has 94 valence electrons. The third-order valence-electron chi connectivity index (χ3n) is 3.62. The van der Waals surface area contributed by atoms with Gasteiger partial charge in [0.2, 0.25) is 5.69 Å². The van der Waals surface area contributed by atoms with Crippen molar-refractivity contribution >= 4 is 18.3 Å². The summed E-state index contributed by atoms with van der Waals surface area (Å²) < 4.78 is 24.9. The minimum absolute atomic E-state index is 0.0118. The van der Waals surface area contributed by atoms with Crippen molar-refractivity contribution in [3.63, 3.8) is 0 Å². The normalized spacial score (nSPS) is 20.8. The summed E-state index contributed by atoms with van der Waals surface area (Å²) in [7, 11) is -0.559. The number of nitrogens with zero attached hydrogens (tertiary/aromatic N) is 1. The maximum Gasteiger partial charge on any atom is 0.493 e. The highest BCUT2D eigenvalue weighted by atomic mass is 19.1. The first-order valence-electron chi connectivity index (χ1n) is 5.79. The van der Waals surface area contributed by atoms with Crippen molar-refractivity contribution in [1.82, 2.24) is 0 Å². The van der Waals surface area contributed by atoms with Crippen LogP contribution in [0.25, 0.3) is 4.85 Å². The lowest BCUT2D eigenvalue weighted by Crippen LogP contribution is -2.41. The van der Waals surface area contributed by atoms with E-state index in [4.69, 9.17) is 15.9 Å². The lowest BCUT2D eigenvalue weighted by Gasteiger charge is -2.32. The molecule has 0 aromatic heterocycles. The van der Waals surface area contributed by atoms with Gasteiger partial charge in [0.15, 0.2) is 0 Å². The fourth-order valence-corrected chi connectivity index (χ4v) is 1.74. The van der Waals surface area contributed by atoms with Gasteiger partial charge in [-0.2, -0.15) is 0 Å². The van der Waals surface area contributed by atoms with E-state index in [1.165, 1.54) is 12.1 Å². The van der Waals surface area contributed by atoms with Gasteiger partial charge in [-0.05, 0) is 39.2 Å². The van der Waals surface area contributed by atoms with Gasteiger partial charge in [0.05, 0.1) is 17.8 Å². The van der Waals surface area contributed by atoms with Gasteiger partial charge in [-0.1, -0.05) is 12.1 Å². The van der Waals surface area contributed by atoms with Gasteiger partial charge in [-0.3, -0.25) is 0 Å². The van der Waals surface area contributed by atoms with E-state index in [0.29, 0.717) is 5.46 Å². The molecule has 1 fully saturated rings. The lowest BCUT2D eigenvalue weighted by molar-refractivity contribution is 0.00578. The number of rotatable bonds is 1. The van der Waals surface area contributed by atoms with Crippen LogP contribution < -0.4 is 5.46 Å². The van der Waals surface area contributed by atoms with Crippen molar-refractivity contribution < 1.29 is 13.7 Å². The monoisotopic (exact) mass is 247 g/mol. The lowest BCUT2D eigenvalue weighted by atomic mass is 9.79. The van der Waals surface area contributed by atoms with E-state index < -0.39 is 24.1 Å². The SMILES string of the molecule is [C-]#[N+]c1cc(B2OC(C)(C)C(C)(C)O2)ccc1F. The van der Waals surface area contributed by atoms with Crippen LogP contribution >= 0.6 is 0 Å². The summed E-state index contributed by atoms with van der Waals surface area (Å²) in [6.45, 7) is 14.7. The van der Waals surface area contributed by atoms with Gasteiger partial charge in [0.25, 0.3) is 0 Å². The Morgan fingerprint density at radius 3 is 2.22 bits per heavy atom. The molecule has 0 atom stereocenters. The van der Waals surface area contributed by atoms with Crippen LogP contribution in [0.3, 0.4) is 0 Å². The summed E-state index contributed by atoms with van der Waals surface area (Å²) in [4.78, 5) is 3.14. The first kappa shape index (κ1) is 13.1. The largest absolute Gasteiger partial charge is 0.493 e. The molecule has 0 amide bonds. The third kappa shape index (κ3) is 2.02. The van der Waals surface area contributed by atoms with E-state index in [1.54, 1.807) is 6.07 Å². The molecule has 0 aliphatic carbocycles. The molecule has 2 rings (SSSR count). The molecule has 18 heavy (non-hydrogen) atoms. The molecular formula is C13H15BFNO2. The first-order valence-corrected chi connectivity index (χ1v) is 5.79. The summed E-state index contributed by atoms with van der Waals surface area (Å²) in [6, 6.07) is 4.34. The van der Waals surface area contributed by atoms with Crippen LogP contribution in [0.15, 0.2) is 18.2 Å². The quantitative estimate of drug-likeness (QED) is 0.562. The second kappa shape index (κ2) is 4.08. The van der Waals surface area contributed by atoms with E-state index in [0.717, 1.165) is 0 Å². The third-order valence-corrected chi connectivity index (χ3v) is 3.62. The average molecular weight is 247 g/mol. The Morgan fingerprint density at radius 1 is 1.17 bits per heavy atom. The van der Waals surface area contributed by atoms with E-state index in [1.807, 2.05) is 27.7 Å². The Labute approximate surface area is 107 Å². The average Bonchev–Trinajstić information content (AvgIpc) is 2.49. The summed E-state index contributed by atoms with van der Waals surface area (Å²) in [5.74, 6) is -0.523. The van der Waals surface area contributed by atoms with Gasteiger partial charge >= 0.3 is 7.12 Å². The second-order valence-electron chi connectivity index (χ2n) is 5.41. The van der Waals surface area contributed by atoms with Crippen LogP contribution in [0, 0.1) is 12.4 Å². The van der Waals surface area contributed by atoms with Gasteiger partial charge < -0.3 is 9.31 Å². The van der Waals surface area contributed by atoms with Gasteiger partial charge in [-0.25, -0.2) is 9.24 Å².